The number of carbonyl (C=O) groups excluding carboxylic acids is 1. The van der Waals surface area contributed by atoms with Crippen LogP contribution >= 0.6 is 11.6 Å². The van der Waals surface area contributed by atoms with Gasteiger partial charge in [0.25, 0.3) is 22.3 Å². The molecule has 0 heterocycles. The van der Waals surface area contributed by atoms with E-state index in [0.717, 1.165) is 0 Å². The van der Waals surface area contributed by atoms with Crippen molar-refractivity contribution in [3.8, 4) is 0 Å². The van der Waals surface area contributed by atoms with Gasteiger partial charge >= 0.3 is 0 Å². The van der Waals surface area contributed by atoms with E-state index in [1.165, 1.54) is 0 Å². The summed E-state index contributed by atoms with van der Waals surface area (Å²) in [5, 5.41) is 30.3. The largest absolute Gasteiger partial charge is 0.295 e. The van der Waals surface area contributed by atoms with Gasteiger partial charge in [-0.25, -0.2) is 0 Å². The predicted octanol–water partition coefficient (Wildman–Crippen LogP) is 2.82. The van der Waals surface area contributed by atoms with E-state index in [4.69, 9.17) is 11.6 Å². The maximum absolute atomic E-state index is 11.0. The van der Waals surface area contributed by atoms with Gasteiger partial charge in [0.2, 0.25) is 0 Å². The number of nitro groups is 3. The molecule has 0 spiro atoms. The monoisotopic (exact) mass is 305 g/mol. The van der Waals surface area contributed by atoms with Gasteiger partial charge in [-0.15, -0.1) is 0 Å². The van der Waals surface area contributed by atoms with Crippen LogP contribution in [0.2, 0.25) is 0 Å². The quantitative estimate of drug-likeness (QED) is 0.471. The summed E-state index contributed by atoms with van der Waals surface area (Å²) in [5.74, 6) is 0. The van der Waals surface area contributed by atoms with E-state index in [1.807, 2.05) is 13.8 Å². The van der Waals surface area contributed by atoms with Crippen molar-refractivity contribution >= 4 is 33.9 Å². The summed E-state index contributed by atoms with van der Waals surface area (Å²) in [7, 11) is 0. The Bertz CT molecular complexity index is 552. The molecule has 0 aliphatic rings. The third-order valence-electron chi connectivity index (χ3n) is 1.88. The summed E-state index contributed by atoms with van der Waals surface area (Å²) >= 11 is 5.02. The Hall–Kier alpha value is -2.62. The fraction of sp³-hybridized carbons (Fsp3) is 0.222. The molecule has 1 rings (SSSR count). The number of non-ortho nitro benzene ring substituents is 1. The second-order valence-corrected chi connectivity index (χ2v) is 3.25. The highest BCUT2D eigenvalue weighted by atomic mass is 35.5. The van der Waals surface area contributed by atoms with E-state index in [1.54, 1.807) is 0 Å². The van der Waals surface area contributed by atoms with E-state index >= 15 is 0 Å². The van der Waals surface area contributed by atoms with Crippen LogP contribution in [0, 0.1) is 30.3 Å². The van der Waals surface area contributed by atoms with Crippen LogP contribution in [0.5, 0.6) is 0 Å². The Morgan fingerprint density at radius 3 is 1.50 bits per heavy atom. The molecular formula is C9H8ClN3O7. The summed E-state index contributed by atoms with van der Waals surface area (Å²) < 4.78 is 0. The van der Waals surface area contributed by atoms with Gasteiger partial charge < -0.3 is 0 Å². The zero-order chi connectivity index (χ0) is 16.0. The van der Waals surface area contributed by atoms with Gasteiger partial charge in [0, 0.05) is 0 Å². The maximum Gasteiger partial charge on any atom is 0.295 e. The molecule has 0 amide bonds. The standard InChI is InChI=1S/C7H2ClN3O7.C2H6/c8-7(12)6-4(10(15)16)1-3(9(13)14)2-5(6)11(17)18;1-2/h1-2H;1-2H3. The third-order valence-corrected chi connectivity index (χ3v) is 2.07. The van der Waals surface area contributed by atoms with Crippen LogP contribution in [-0.2, 0) is 0 Å². The van der Waals surface area contributed by atoms with Gasteiger partial charge in [0.1, 0.15) is 0 Å². The van der Waals surface area contributed by atoms with E-state index < -0.39 is 42.6 Å². The lowest BCUT2D eigenvalue weighted by Crippen LogP contribution is -2.05. The van der Waals surface area contributed by atoms with Crippen molar-refractivity contribution in [1.82, 2.24) is 0 Å². The minimum atomic E-state index is -1.44. The molecule has 0 saturated heterocycles. The molecule has 11 heteroatoms. The molecule has 0 saturated carbocycles. The van der Waals surface area contributed by atoms with Crippen LogP contribution in [0.4, 0.5) is 17.1 Å². The Morgan fingerprint density at radius 1 is 0.950 bits per heavy atom. The average Bonchev–Trinajstić information content (AvgIpc) is 2.38. The first kappa shape index (κ1) is 17.4. The second-order valence-electron chi connectivity index (χ2n) is 2.90. The van der Waals surface area contributed by atoms with Crippen LogP contribution in [0.25, 0.3) is 0 Å². The zero-order valence-electron chi connectivity index (χ0n) is 10.2. The lowest BCUT2D eigenvalue weighted by molar-refractivity contribution is -0.403. The average molecular weight is 306 g/mol. The van der Waals surface area contributed by atoms with Crippen LogP contribution in [-0.4, -0.2) is 20.0 Å². The van der Waals surface area contributed by atoms with Gasteiger partial charge in [-0.05, 0) is 11.6 Å². The van der Waals surface area contributed by atoms with Crippen LogP contribution in [0.3, 0.4) is 0 Å². The van der Waals surface area contributed by atoms with Gasteiger partial charge in [-0.3, -0.25) is 35.1 Å². The molecule has 0 unspecified atom stereocenters. The SMILES string of the molecule is CC.O=C(Cl)c1c([N+](=O)[O-])cc([N+](=O)[O-])cc1[N+](=O)[O-]. The lowest BCUT2D eigenvalue weighted by Gasteiger charge is -2.00. The molecule has 0 atom stereocenters. The number of hydrogen-bond acceptors (Lipinski definition) is 7. The molecule has 10 nitrogen and oxygen atoms in total. The molecule has 0 aromatic heterocycles. The first-order chi connectivity index (χ1) is 9.25. The number of nitrogens with zero attached hydrogens (tertiary/aromatic N) is 3. The summed E-state index contributed by atoms with van der Waals surface area (Å²) in [6.45, 7) is 4.00. The minimum absolute atomic E-state index is 0.433. The highest BCUT2D eigenvalue weighted by Gasteiger charge is 2.33. The van der Waals surface area contributed by atoms with Crippen molar-refractivity contribution < 1.29 is 19.6 Å². The Kier molecular flexibility index (Phi) is 6.16. The molecule has 0 fully saturated rings. The lowest BCUT2D eigenvalue weighted by atomic mass is 10.1. The molecule has 0 bridgehead atoms. The third kappa shape index (κ3) is 3.68. The van der Waals surface area contributed by atoms with E-state index in [2.05, 4.69) is 0 Å². The fourth-order valence-corrected chi connectivity index (χ4v) is 1.39. The van der Waals surface area contributed by atoms with Crippen LogP contribution in [0.15, 0.2) is 12.1 Å². The van der Waals surface area contributed by atoms with E-state index in [-0.39, 0.29) is 0 Å². The van der Waals surface area contributed by atoms with Crippen molar-refractivity contribution in [1.29, 1.82) is 0 Å². The Morgan fingerprint density at radius 2 is 1.30 bits per heavy atom. The molecule has 1 aromatic carbocycles. The van der Waals surface area contributed by atoms with Gasteiger partial charge in [0.05, 0.1) is 26.9 Å². The van der Waals surface area contributed by atoms with Crippen molar-refractivity contribution in [2.45, 2.75) is 13.8 Å². The molecular weight excluding hydrogens is 298 g/mol. The Balaban J connectivity index is 0.00000172. The maximum atomic E-state index is 11.0. The van der Waals surface area contributed by atoms with Crippen LogP contribution in [0.1, 0.15) is 24.2 Å². The molecule has 0 aliphatic carbocycles. The van der Waals surface area contributed by atoms with Gasteiger partial charge in [-0.2, -0.15) is 0 Å². The highest BCUT2D eigenvalue weighted by molar-refractivity contribution is 6.68. The van der Waals surface area contributed by atoms with Gasteiger partial charge in [0.15, 0.2) is 5.56 Å². The van der Waals surface area contributed by atoms with E-state index in [0.29, 0.717) is 12.1 Å². The minimum Gasteiger partial charge on any atom is -0.275 e. The topological polar surface area (TPSA) is 146 Å². The first-order valence-corrected chi connectivity index (χ1v) is 5.44. The summed E-state index contributed by atoms with van der Waals surface area (Å²) in [5.41, 5.74) is -4.04. The zero-order valence-corrected chi connectivity index (χ0v) is 11.0. The summed E-state index contributed by atoms with van der Waals surface area (Å²) in [6.07, 6.45) is 0. The van der Waals surface area contributed by atoms with Gasteiger partial charge in [-0.1, -0.05) is 13.8 Å². The smallest absolute Gasteiger partial charge is 0.275 e. The predicted molar refractivity (Wildman–Crippen MR) is 67.9 cm³/mol. The normalized spacial score (nSPS) is 9.15. The van der Waals surface area contributed by atoms with Crippen molar-refractivity contribution in [3.63, 3.8) is 0 Å². The van der Waals surface area contributed by atoms with Crippen molar-refractivity contribution in [3.05, 3.63) is 48.0 Å². The fourth-order valence-electron chi connectivity index (χ4n) is 1.19. The number of halogens is 1. The highest BCUT2D eigenvalue weighted by Crippen LogP contribution is 2.34. The van der Waals surface area contributed by atoms with E-state index in [9.17, 15) is 35.1 Å². The number of benzene rings is 1. The molecule has 0 N–H and O–H groups in total. The summed E-state index contributed by atoms with van der Waals surface area (Å²) in [6, 6.07) is 0.866. The van der Waals surface area contributed by atoms with Crippen molar-refractivity contribution in [2.75, 3.05) is 0 Å². The number of nitro benzene ring substituents is 3. The van der Waals surface area contributed by atoms with Crippen molar-refractivity contribution in [2.24, 2.45) is 0 Å². The second kappa shape index (κ2) is 7.09. The molecule has 0 aliphatic heterocycles. The summed E-state index contributed by atoms with van der Waals surface area (Å²) in [4.78, 5) is 39.3. The van der Waals surface area contributed by atoms with Crippen LogP contribution < -0.4 is 0 Å². The molecule has 1 aromatic rings. The molecule has 0 radical (unpaired) electrons. The number of carbonyl (C=O) groups is 1. The first-order valence-electron chi connectivity index (χ1n) is 5.06. The number of rotatable bonds is 4. The Labute approximate surface area is 116 Å². The molecule has 108 valence electrons. The molecule has 20 heavy (non-hydrogen) atoms. The number of hydrogen-bond donors (Lipinski definition) is 0.